The van der Waals surface area contributed by atoms with Crippen molar-refractivity contribution < 1.29 is 0 Å². The molecule has 1 aromatic carbocycles. The quantitative estimate of drug-likeness (QED) is 0.393. The Labute approximate surface area is 122 Å². The summed E-state index contributed by atoms with van der Waals surface area (Å²) in [5.41, 5.74) is 5.45. The van der Waals surface area contributed by atoms with Gasteiger partial charge in [-0.1, -0.05) is 25.7 Å². The second kappa shape index (κ2) is 8.05. The molecule has 0 unspecified atom stereocenters. The molecule has 17 heavy (non-hydrogen) atoms. The maximum atomic E-state index is 3.18. The Morgan fingerprint density at radius 2 is 1.82 bits per heavy atom. The molecule has 0 radical (unpaired) electrons. The van der Waals surface area contributed by atoms with Crippen molar-refractivity contribution in [3.05, 3.63) is 34.4 Å². The Kier molecular flexibility index (Phi) is 7.06. The molecule has 0 bridgehead atoms. The van der Waals surface area contributed by atoms with E-state index < -0.39 is 0 Å². The van der Waals surface area contributed by atoms with Crippen LogP contribution < -0.4 is 0 Å². The van der Waals surface area contributed by atoms with E-state index in [1.54, 1.807) is 0 Å². The largest absolute Gasteiger partial charge is 0.0654 e. The van der Waals surface area contributed by atoms with Crippen molar-refractivity contribution in [3.63, 3.8) is 0 Å². The molecule has 0 amide bonds. The molecule has 0 aliphatic carbocycles. The van der Waals surface area contributed by atoms with Gasteiger partial charge in [0.2, 0.25) is 0 Å². The molecule has 0 aliphatic heterocycles. The van der Waals surface area contributed by atoms with Gasteiger partial charge in [0, 0.05) is 26.8 Å². The zero-order chi connectivity index (χ0) is 12.7. The van der Waals surface area contributed by atoms with Crippen molar-refractivity contribution >= 4 is 30.1 Å². The molecule has 0 saturated carbocycles. The first kappa shape index (κ1) is 14.9. The molecule has 0 nitrogen and oxygen atoms in total. The van der Waals surface area contributed by atoms with E-state index in [9.17, 15) is 0 Å². The fraction of sp³-hybridized carbons (Fsp3) is 0.467. The molecule has 0 spiro atoms. The van der Waals surface area contributed by atoms with Gasteiger partial charge in [0.05, 0.1) is 0 Å². The maximum absolute atomic E-state index is 3.18. The van der Waals surface area contributed by atoms with Crippen molar-refractivity contribution in [2.45, 2.75) is 46.5 Å². The summed E-state index contributed by atoms with van der Waals surface area (Å²) in [7, 11) is 1.54. The third-order valence-corrected chi connectivity index (χ3v) is 3.80. The molecule has 0 N–H and O–H groups in total. The van der Waals surface area contributed by atoms with Crippen molar-refractivity contribution in [2.24, 2.45) is 0 Å². The summed E-state index contributed by atoms with van der Waals surface area (Å²) in [6.45, 7) is 6.66. The van der Waals surface area contributed by atoms with Gasteiger partial charge in [-0.15, -0.1) is 0 Å². The van der Waals surface area contributed by atoms with Gasteiger partial charge in [0.25, 0.3) is 0 Å². The lowest BCUT2D eigenvalue weighted by Crippen LogP contribution is -1.95. The van der Waals surface area contributed by atoms with Crippen LogP contribution in [-0.4, -0.2) is 0 Å². The van der Waals surface area contributed by atoms with Crippen LogP contribution in [0.4, 0.5) is 0 Å². The van der Waals surface area contributed by atoms with Gasteiger partial charge in [0.1, 0.15) is 0 Å². The number of hydrogen-bond acceptors (Lipinski definition) is 1. The zero-order valence-corrected chi connectivity index (χ0v) is 13.7. The normalized spacial score (nSPS) is 9.88. The average Bonchev–Trinajstić information content (AvgIpc) is 2.30. The van der Waals surface area contributed by atoms with Crippen LogP contribution in [-0.2, 0) is 6.42 Å². The molecule has 0 aromatic heterocycles. The molecule has 0 atom stereocenters. The fourth-order valence-corrected chi connectivity index (χ4v) is 2.58. The van der Waals surface area contributed by atoms with Crippen molar-refractivity contribution in [1.29, 1.82) is 0 Å². The monoisotopic (exact) mass is 358 g/mol. The lowest BCUT2D eigenvalue weighted by atomic mass is 9.95. The first-order valence-electron chi connectivity index (χ1n) is 6.07. The van der Waals surface area contributed by atoms with Crippen LogP contribution in [0, 0.1) is 25.0 Å². The highest BCUT2D eigenvalue weighted by molar-refractivity contribution is 14.2. The first-order valence-corrected chi connectivity index (χ1v) is 9.43. The Morgan fingerprint density at radius 1 is 1.18 bits per heavy atom. The fourth-order valence-electron chi connectivity index (χ4n) is 2.09. The summed E-state index contributed by atoms with van der Waals surface area (Å²) in [4.78, 5) is 0. The summed E-state index contributed by atoms with van der Waals surface area (Å²) in [6, 6.07) is 4.43. The van der Waals surface area contributed by atoms with Crippen molar-refractivity contribution in [3.8, 4) is 11.2 Å². The standard InChI is InChI=1S/C15H19IS/c1-4-5-6-7-15-12(2)10-14(8-9-17-16)11-13(15)3/h10-11H,4-7H2,1-3H3. The molecule has 92 valence electrons. The summed E-state index contributed by atoms with van der Waals surface area (Å²) in [6.07, 6.45) is 5.12. The van der Waals surface area contributed by atoms with E-state index in [-0.39, 0.29) is 0 Å². The smallest absolute Gasteiger partial charge is 0.0260 e. The highest BCUT2D eigenvalue weighted by atomic mass is 127. The summed E-state index contributed by atoms with van der Waals surface area (Å²) < 4.78 is 0. The van der Waals surface area contributed by atoms with E-state index in [0.29, 0.717) is 0 Å². The van der Waals surface area contributed by atoms with E-state index >= 15 is 0 Å². The number of unbranched alkanes of at least 4 members (excludes halogenated alkanes) is 2. The highest BCUT2D eigenvalue weighted by Crippen LogP contribution is 2.19. The van der Waals surface area contributed by atoms with E-state index in [1.807, 2.05) is 0 Å². The number of halogens is 1. The molecular formula is C15H19IS. The van der Waals surface area contributed by atoms with Gasteiger partial charge in [-0.2, -0.15) is 0 Å². The van der Waals surface area contributed by atoms with Crippen molar-refractivity contribution in [2.75, 3.05) is 0 Å². The molecule has 1 rings (SSSR count). The Hall–Kier alpha value is -0.140. The second-order valence-corrected chi connectivity index (χ2v) is 6.03. The van der Waals surface area contributed by atoms with Gasteiger partial charge < -0.3 is 0 Å². The maximum Gasteiger partial charge on any atom is 0.0260 e. The van der Waals surface area contributed by atoms with E-state index in [4.69, 9.17) is 0 Å². The number of hydrogen-bond donors (Lipinski definition) is 0. The molecule has 1 aromatic rings. The number of benzene rings is 1. The first-order chi connectivity index (χ1) is 8.19. The third kappa shape index (κ3) is 4.93. The molecular weight excluding hydrogens is 339 g/mol. The predicted octanol–water partition coefficient (Wildman–Crippen LogP) is 5.43. The number of rotatable bonds is 4. The van der Waals surface area contributed by atoms with Crippen LogP contribution >= 0.6 is 30.1 Å². The molecule has 0 fully saturated rings. The van der Waals surface area contributed by atoms with Gasteiger partial charge in [0.15, 0.2) is 0 Å². The van der Waals surface area contributed by atoms with Gasteiger partial charge in [-0.3, -0.25) is 0 Å². The SMILES string of the molecule is CCCCCc1c(C)cc(C#CSI)cc1C. The van der Waals surface area contributed by atoms with Crippen LogP contribution in [0.5, 0.6) is 0 Å². The molecule has 0 aliphatic rings. The van der Waals surface area contributed by atoms with Crippen LogP contribution in [0.2, 0.25) is 0 Å². The minimum atomic E-state index is 1.14. The van der Waals surface area contributed by atoms with Crippen LogP contribution in [0.25, 0.3) is 0 Å². The van der Waals surface area contributed by atoms with Crippen LogP contribution in [0.1, 0.15) is 48.4 Å². The van der Waals surface area contributed by atoms with Gasteiger partial charge in [-0.25, -0.2) is 0 Å². The zero-order valence-electron chi connectivity index (χ0n) is 10.8. The lowest BCUT2D eigenvalue weighted by molar-refractivity contribution is 0.713. The highest BCUT2D eigenvalue weighted by Gasteiger charge is 2.04. The minimum Gasteiger partial charge on any atom is -0.0654 e. The van der Waals surface area contributed by atoms with Crippen LogP contribution in [0.15, 0.2) is 12.1 Å². The van der Waals surface area contributed by atoms with E-state index in [0.717, 1.165) is 5.56 Å². The van der Waals surface area contributed by atoms with E-state index in [2.05, 4.69) is 65.3 Å². The Morgan fingerprint density at radius 3 is 2.35 bits per heavy atom. The number of aryl methyl sites for hydroxylation is 2. The van der Waals surface area contributed by atoms with Crippen LogP contribution in [0.3, 0.4) is 0 Å². The van der Waals surface area contributed by atoms with Gasteiger partial charge >= 0.3 is 0 Å². The summed E-state index contributed by atoms with van der Waals surface area (Å²) in [5.74, 6) is 3.18. The van der Waals surface area contributed by atoms with E-state index in [1.165, 1.54) is 51.3 Å². The topological polar surface area (TPSA) is 0 Å². The van der Waals surface area contributed by atoms with Crippen molar-refractivity contribution in [1.82, 2.24) is 0 Å². The second-order valence-electron chi connectivity index (χ2n) is 4.35. The Bertz CT molecular complexity index is 403. The molecule has 0 heterocycles. The average molecular weight is 358 g/mol. The third-order valence-electron chi connectivity index (χ3n) is 2.96. The molecule has 2 heteroatoms. The summed E-state index contributed by atoms with van der Waals surface area (Å²) in [5, 5.41) is 3.04. The minimum absolute atomic E-state index is 1.14. The lowest BCUT2D eigenvalue weighted by Gasteiger charge is -2.10. The summed E-state index contributed by atoms with van der Waals surface area (Å²) >= 11 is 2.20. The van der Waals surface area contributed by atoms with Gasteiger partial charge in [-0.05, 0) is 69.7 Å². The molecule has 0 saturated heterocycles. The predicted molar refractivity (Wildman–Crippen MR) is 87.6 cm³/mol. The Balaban J connectivity index is 2.86.